The molecular weight excluding hydrogens is 328 g/mol. The maximum absolute atomic E-state index is 12.5. The molecule has 0 spiro atoms. The van der Waals surface area contributed by atoms with Crippen LogP contribution in [0, 0.1) is 0 Å². The van der Waals surface area contributed by atoms with E-state index in [0.29, 0.717) is 25.1 Å². The quantitative estimate of drug-likeness (QED) is 0.645. The molecule has 132 valence electrons. The molecule has 1 aromatic heterocycles. The summed E-state index contributed by atoms with van der Waals surface area (Å²) in [7, 11) is 0. The molecule has 5 nitrogen and oxygen atoms in total. The number of furan rings is 1. The van der Waals surface area contributed by atoms with Gasteiger partial charge in [0.1, 0.15) is 0 Å². The first kappa shape index (κ1) is 17.5. The molecule has 0 radical (unpaired) electrons. The lowest BCUT2D eigenvalue weighted by atomic mass is 9.99. The van der Waals surface area contributed by atoms with Crippen molar-refractivity contribution in [1.82, 2.24) is 10.6 Å². The summed E-state index contributed by atoms with van der Waals surface area (Å²) in [4.78, 5) is 24.2. The summed E-state index contributed by atoms with van der Waals surface area (Å²) in [5, 5.41) is 5.54. The van der Waals surface area contributed by atoms with E-state index in [2.05, 4.69) is 10.6 Å². The van der Waals surface area contributed by atoms with Crippen molar-refractivity contribution in [2.45, 2.75) is 6.42 Å². The van der Waals surface area contributed by atoms with Crippen LogP contribution >= 0.6 is 0 Å². The predicted octanol–water partition coefficient (Wildman–Crippen LogP) is 3.03. The first-order valence-electron chi connectivity index (χ1n) is 8.46. The summed E-state index contributed by atoms with van der Waals surface area (Å²) in [6.07, 6.45) is 2.14. The molecule has 5 heteroatoms. The minimum absolute atomic E-state index is 0.149. The van der Waals surface area contributed by atoms with Gasteiger partial charge in [0.2, 0.25) is 0 Å². The van der Waals surface area contributed by atoms with Crippen molar-refractivity contribution in [2.24, 2.45) is 0 Å². The standard InChI is InChI=1S/C21H20N2O3/c24-20(22-12-13-23-21(25)19-11-6-14-26-19)18-10-5-4-9-17(18)15-16-7-2-1-3-8-16/h1-11,14H,12-13,15H2,(H,22,24)(H,23,25). The lowest BCUT2D eigenvalue weighted by Crippen LogP contribution is -2.34. The zero-order chi connectivity index (χ0) is 18.2. The second-order valence-corrected chi connectivity index (χ2v) is 5.81. The van der Waals surface area contributed by atoms with Crippen LogP contribution in [0.2, 0.25) is 0 Å². The molecule has 0 bridgehead atoms. The van der Waals surface area contributed by atoms with Gasteiger partial charge in [-0.25, -0.2) is 0 Å². The van der Waals surface area contributed by atoms with Gasteiger partial charge in [-0.1, -0.05) is 48.5 Å². The highest BCUT2D eigenvalue weighted by Crippen LogP contribution is 2.14. The second-order valence-electron chi connectivity index (χ2n) is 5.81. The van der Waals surface area contributed by atoms with Gasteiger partial charge in [0.05, 0.1) is 6.26 Å². The molecule has 2 N–H and O–H groups in total. The molecule has 0 atom stereocenters. The van der Waals surface area contributed by atoms with Gasteiger partial charge in [-0.05, 0) is 35.7 Å². The van der Waals surface area contributed by atoms with E-state index in [0.717, 1.165) is 11.1 Å². The van der Waals surface area contributed by atoms with E-state index in [9.17, 15) is 9.59 Å². The summed E-state index contributed by atoms with van der Waals surface area (Å²) in [5.74, 6) is -0.193. The van der Waals surface area contributed by atoms with Crippen LogP contribution < -0.4 is 10.6 Å². The van der Waals surface area contributed by atoms with Crippen LogP contribution in [-0.2, 0) is 6.42 Å². The van der Waals surface area contributed by atoms with E-state index in [-0.39, 0.29) is 17.6 Å². The number of hydrogen-bond acceptors (Lipinski definition) is 3. The number of carbonyl (C=O) groups excluding carboxylic acids is 2. The molecule has 0 fully saturated rings. The summed E-state index contributed by atoms with van der Waals surface area (Å²) in [6.45, 7) is 0.664. The Labute approximate surface area is 152 Å². The fourth-order valence-electron chi connectivity index (χ4n) is 2.65. The molecule has 2 amide bonds. The predicted molar refractivity (Wildman–Crippen MR) is 99.1 cm³/mol. The Kier molecular flexibility index (Phi) is 5.83. The molecule has 0 saturated carbocycles. The minimum Gasteiger partial charge on any atom is -0.459 e. The SMILES string of the molecule is O=C(NCCNC(=O)c1ccccc1Cc1ccccc1)c1ccco1. The zero-order valence-corrected chi connectivity index (χ0v) is 14.3. The van der Waals surface area contributed by atoms with Crippen LogP contribution in [0.25, 0.3) is 0 Å². The highest BCUT2D eigenvalue weighted by Gasteiger charge is 2.11. The Morgan fingerprint density at radius 1 is 0.769 bits per heavy atom. The van der Waals surface area contributed by atoms with Crippen LogP contribution in [-0.4, -0.2) is 24.9 Å². The summed E-state index contributed by atoms with van der Waals surface area (Å²) in [6, 6.07) is 20.8. The second kappa shape index (κ2) is 8.67. The Balaban J connectivity index is 1.54. The van der Waals surface area contributed by atoms with Crippen molar-refractivity contribution in [2.75, 3.05) is 13.1 Å². The molecule has 0 saturated heterocycles. The largest absolute Gasteiger partial charge is 0.459 e. The van der Waals surface area contributed by atoms with Gasteiger partial charge in [0.25, 0.3) is 11.8 Å². The number of carbonyl (C=O) groups is 2. The van der Waals surface area contributed by atoms with Crippen molar-refractivity contribution < 1.29 is 14.0 Å². The minimum atomic E-state index is -0.297. The van der Waals surface area contributed by atoms with Crippen molar-refractivity contribution in [3.8, 4) is 0 Å². The molecule has 0 unspecified atom stereocenters. The lowest BCUT2D eigenvalue weighted by molar-refractivity contribution is 0.0910. The molecule has 2 aromatic carbocycles. The van der Waals surface area contributed by atoms with Crippen molar-refractivity contribution in [1.29, 1.82) is 0 Å². The highest BCUT2D eigenvalue weighted by molar-refractivity contribution is 5.96. The Bertz CT molecular complexity index is 858. The number of hydrogen-bond donors (Lipinski definition) is 2. The van der Waals surface area contributed by atoms with E-state index in [1.807, 2.05) is 54.6 Å². The zero-order valence-electron chi connectivity index (χ0n) is 14.3. The molecule has 3 aromatic rings. The highest BCUT2D eigenvalue weighted by atomic mass is 16.3. The monoisotopic (exact) mass is 348 g/mol. The molecular formula is C21H20N2O3. The molecule has 0 aliphatic carbocycles. The fourth-order valence-corrected chi connectivity index (χ4v) is 2.65. The molecule has 26 heavy (non-hydrogen) atoms. The Hall–Kier alpha value is -3.34. The average Bonchev–Trinajstić information content (AvgIpc) is 3.21. The van der Waals surface area contributed by atoms with Gasteiger partial charge >= 0.3 is 0 Å². The first-order chi connectivity index (χ1) is 12.7. The average molecular weight is 348 g/mol. The fraction of sp³-hybridized carbons (Fsp3) is 0.143. The van der Waals surface area contributed by atoms with Crippen LogP contribution in [0.15, 0.2) is 77.4 Å². The number of benzene rings is 2. The Morgan fingerprint density at radius 2 is 1.46 bits per heavy atom. The maximum atomic E-state index is 12.5. The van der Waals surface area contributed by atoms with E-state index >= 15 is 0 Å². The third-order valence-corrected chi connectivity index (χ3v) is 3.94. The third kappa shape index (κ3) is 4.60. The normalized spacial score (nSPS) is 10.3. The van der Waals surface area contributed by atoms with E-state index in [4.69, 9.17) is 4.42 Å². The molecule has 3 rings (SSSR count). The van der Waals surface area contributed by atoms with Crippen molar-refractivity contribution in [3.05, 3.63) is 95.4 Å². The van der Waals surface area contributed by atoms with Gasteiger partial charge in [0.15, 0.2) is 5.76 Å². The topological polar surface area (TPSA) is 71.3 Å². The van der Waals surface area contributed by atoms with Gasteiger partial charge in [-0.2, -0.15) is 0 Å². The molecule has 0 aliphatic heterocycles. The Morgan fingerprint density at radius 3 is 2.19 bits per heavy atom. The molecule has 0 aliphatic rings. The summed E-state index contributed by atoms with van der Waals surface area (Å²) >= 11 is 0. The summed E-state index contributed by atoms with van der Waals surface area (Å²) < 4.78 is 5.02. The number of nitrogens with one attached hydrogen (secondary N) is 2. The van der Waals surface area contributed by atoms with Crippen LogP contribution in [0.5, 0.6) is 0 Å². The third-order valence-electron chi connectivity index (χ3n) is 3.94. The van der Waals surface area contributed by atoms with Crippen LogP contribution in [0.3, 0.4) is 0 Å². The maximum Gasteiger partial charge on any atom is 0.287 e. The van der Waals surface area contributed by atoms with E-state index < -0.39 is 0 Å². The first-order valence-corrected chi connectivity index (χ1v) is 8.46. The van der Waals surface area contributed by atoms with Gasteiger partial charge in [-0.3, -0.25) is 9.59 Å². The molecule has 1 heterocycles. The number of amides is 2. The van der Waals surface area contributed by atoms with Crippen molar-refractivity contribution in [3.63, 3.8) is 0 Å². The van der Waals surface area contributed by atoms with Gasteiger partial charge in [-0.15, -0.1) is 0 Å². The van der Waals surface area contributed by atoms with Gasteiger partial charge in [0, 0.05) is 18.7 Å². The van der Waals surface area contributed by atoms with E-state index in [1.165, 1.54) is 6.26 Å². The van der Waals surface area contributed by atoms with Crippen LogP contribution in [0.4, 0.5) is 0 Å². The lowest BCUT2D eigenvalue weighted by Gasteiger charge is -2.11. The number of rotatable bonds is 7. The van der Waals surface area contributed by atoms with Crippen molar-refractivity contribution >= 4 is 11.8 Å². The van der Waals surface area contributed by atoms with E-state index in [1.54, 1.807) is 12.1 Å². The summed E-state index contributed by atoms with van der Waals surface area (Å²) in [5.41, 5.74) is 2.77. The smallest absolute Gasteiger partial charge is 0.287 e. The van der Waals surface area contributed by atoms with Gasteiger partial charge < -0.3 is 15.1 Å². The van der Waals surface area contributed by atoms with Crippen LogP contribution in [0.1, 0.15) is 32.0 Å².